The number of anilines is 2. The molecule has 2 N–H and O–H groups in total. The van der Waals surface area contributed by atoms with Crippen molar-refractivity contribution in [3.8, 4) is 0 Å². The van der Waals surface area contributed by atoms with E-state index in [4.69, 9.17) is 47.0 Å². The summed E-state index contributed by atoms with van der Waals surface area (Å²) >= 11 is 23.9. The van der Waals surface area contributed by atoms with Crippen LogP contribution >= 0.6 is 47.0 Å². The molecule has 0 radical (unpaired) electrons. The number of nitrogens with zero attached hydrogens (tertiary/aromatic N) is 2. The summed E-state index contributed by atoms with van der Waals surface area (Å²) in [6.45, 7) is 6.88. The Labute approximate surface area is 202 Å². The molecule has 0 aromatic heterocycles. The van der Waals surface area contributed by atoms with Crippen molar-refractivity contribution >= 4 is 75.5 Å². The van der Waals surface area contributed by atoms with E-state index < -0.39 is 0 Å². The number of para-hydroxylation sites is 1. The fraction of sp³-hybridized carbons (Fsp3) is 0.273. The topological polar surface area (TPSA) is 47.6 Å². The van der Waals surface area contributed by atoms with Gasteiger partial charge in [-0.15, -0.1) is 0 Å². The number of hydrogen-bond donors (Lipinski definition) is 2. The highest BCUT2D eigenvalue weighted by Gasteiger charge is 2.21. The van der Waals surface area contributed by atoms with Crippen LogP contribution in [-0.2, 0) is 4.79 Å². The normalized spacial score (nSPS) is 14.6. The van der Waals surface area contributed by atoms with Crippen molar-refractivity contribution in [3.63, 3.8) is 0 Å². The zero-order valence-corrected chi connectivity index (χ0v) is 20.1. The summed E-state index contributed by atoms with van der Waals surface area (Å²) in [4.78, 5) is 16.9. The molecule has 0 atom stereocenters. The van der Waals surface area contributed by atoms with Crippen molar-refractivity contribution in [2.45, 2.75) is 6.92 Å². The standard InChI is InChI=1S/C22H23Cl3N4OS/c1-2-28-10-12-29(13-11-28)21-17(24)4-3-5-19(21)26-22(31)27-20(30)9-7-15-6-8-16(23)14-18(15)25/h3-9,14H,2,10-13H2,1H3,(H2,26,27,30,31). The average molecular weight is 498 g/mol. The van der Waals surface area contributed by atoms with Crippen LogP contribution in [0.5, 0.6) is 0 Å². The van der Waals surface area contributed by atoms with Gasteiger partial charge in [-0.25, -0.2) is 0 Å². The molecule has 2 aromatic rings. The van der Waals surface area contributed by atoms with Crippen LogP contribution in [-0.4, -0.2) is 48.6 Å². The average Bonchev–Trinajstić information content (AvgIpc) is 2.73. The molecule has 0 spiro atoms. The van der Waals surface area contributed by atoms with E-state index in [1.54, 1.807) is 24.3 Å². The predicted octanol–water partition coefficient (Wildman–Crippen LogP) is 5.32. The van der Waals surface area contributed by atoms with Crippen LogP contribution in [0.4, 0.5) is 11.4 Å². The molecule has 3 rings (SSSR count). The summed E-state index contributed by atoms with van der Waals surface area (Å²) in [5, 5.41) is 7.58. The fourth-order valence-electron chi connectivity index (χ4n) is 3.33. The number of halogens is 3. The molecule has 1 saturated heterocycles. The van der Waals surface area contributed by atoms with Crippen molar-refractivity contribution in [1.82, 2.24) is 10.2 Å². The maximum absolute atomic E-state index is 12.3. The van der Waals surface area contributed by atoms with Gasteiger partial charge in [0.1, 0.15) is 0 Å². The van der Waals surface area contributed by atoms with Crippen molar-refractivity contribution in [3.05, 3.63) is 63.1 Å². The number of nitrogens with one attached hydrogen (secondary N) is 2. The fourth-order valence-corrected chi connectivity index (χ4v) is 4.31. The summed E-state index contributed by atoms with van der Waals surface area (Å²) in [6, 6.07) is 10.7. The maximum Gasteiger partial charge on any atom is 0.250 e. The van der Waals surface area contributed by atoms with Gasteiger partial charge in [0, 0.05) is 42.3 Å². The van der Waals surface area contributed by atoms with E-state index in [0.29, 0.717) is 20.6 Å². The van der Waals surface area contributed by atoms with E-state index in [1.807, 2.05) is 18.2 Å². The molecule has 0 saturated carbocycles. The summed E-state index contributed by atoms with van der Waals surface area (Å²) in [7, 11) is 0. The summed E-state index contributed by atoms with van der Waals surface area (Å²) in [5.74, 6) is -0.372. The van der Waals surface area contributed by atoms with Crippen LogP contribution in [0.15, 0.2) is 42.5 Å². The van der Waals surface area contributed by atoms with Gasteiger partial charge in [-0.3, -0.25) is 10.1 Å². The number of carbonyl (C=O) groups is 1. The number of benzene rings is 2. The molecule has 5 nitrogen and oxygen atoms in total. The van der Waals surface area contributed by atoms with E-state index in [-0.39, 0.29) is 11.0 Å². The van der Waals surface area contributed by atoms with Crippen molar-refractivity contribution in [2.75, 3.05) is 42.9 Å². The van der Waals surface area contributed by atoms with Crippen molar-refractivity contribution in [2.24, 2.45) is 0 Å². The first-order valence-corrected chi connectivity index (χ1v) is 11.4. The number of hydrogen-bond acceptors (Lipinski definition) is 4. The van der Waals surface area contributed by atoms with Gasteiger partial charge in [-0.2, -0.15) is 0 Å². The Morgan fingerprint density at radius 1 is 1.10 bits per heavy atom. The quantitative estimate of drug-likeness (QED) is 0.433. The Morgan fingerprint density at radius 2 is 1.84 bits per heavy atom. The first-order chi connectivity index (χ1) is 14.9. The molecule has 9 heteroatoms. The molecule has 0 unspecified atom stereocenters. The molecule has 2 aromatic carbocycles. The number of rotatable bonds is 5. The largest absolute Gasteiger partial charge is 0.366 e. The molecule has 1 fully saturated rings. The number of piperazine rings is 1. The van der Waals surface area contributed by atoms with Crippen LogP contribution < -0.4 is 15.5 Å². The van der Waals surface area contributed by atoms with Gasteiger partial charge < -0.3 is 15.1 Å². The second kappa shape index (κ2) is 11.2. The van der Waals surface area contributed by atoms with E-state index >= 15 is 0 Å². The Bertz CT molecular complexity index is 991. The molecular weight excluding hydrogens is 475 g/mol. The van der Waals surface area contributed by atoms with Gasteiger partial charge in [0.25, 0.3) is 0 Å². The summed E-state index contributed by atoms with van der Waals surface area (Å²) in [5.41, 5.74) is 2.33. The third-order valence-corrected chi connectivity index (χ3v) is 6.06. The highest BCUT2D eigenvalue weighted by Crippen LogP contribution is 2.34. The molecule has 164 valence electrons. The van der Waals surface area contributed by atoms with Crippen LogP contribution in [0.1, 0.15) is 12.5 Å². The smallest absolute Gasteiger partial charge is 0.250 e. The zero-order chi connectivity index (χ0) is 22.4. The minimum atomic E-state index is -0.372. The Kier molecular flexibility index (Phi) is 8.58. The minimum Gasteiger partial charge on any atom is -0.366 e. The minimum absolute atomic E-state index is 0.188. The molecule has 0 bridgehead atoms. The molecule has 1 aliphatic rings. The second-order valence-electron chi connectivity index (χ2n) is 7.00. The number of carbonyl (C=O) groups excluding carboxylic acids is 1. The first kappa shape index (κ1) is 23.8. The van der Waals surface area contributed by atoms with Crippen LogP contribution in [0.25, 0.3) is 6.08 Å². The predicted molar refractivity (Wildman–Crippen MR) is 136 cm³/mol. The highest BCUT2D eigenvalue weighted by atomic mass is 35.5. The highest BCUT2D eigenvalue weighted by molar-refractivity contribution is 7.80. The molecule has 1 aliphatic heterocycles. The Balaban J connectivity index is 1.64. The summed E-state index contributed by atoms with van der Waals surface area (Å²) < 4.78 is 0. The van der Waals surface area contributed by atoms with Gasteiger partial charge in [0.15, 0.2) is 5.11 Å². The lowest BCUT2D eigenvalue weighted by Crippen LogP contribution is -2.46. The lowest BCUT2D eigenvalue weighted by Gasteiger charge is -2.37. The number of likely N-dealkylation sites (N-methyl/N-ethyl adjacent to an activating group) is 1. The monoisotopic (exact) mass is 496 g/mol. The second-order valence-corrected chi connectivity index (χ2v) is 8.66. The lowest BCUT2D eigenvalue weighted by atomic mass is 10.2. The van der Waals surface area contributed by atoms with Gasteiger partial charge in [-0.05, 0) is 54.7 Å². The molecule has 31 heavy (non-hydrogen) atoms. The Morgan fingerprint density at radius 3 is 2.52 bits per heavy atom. The van der Waals surface area contributed by atoms with Gasteiger partial charge in [0.2, 0.25) is 5.91 Å². The maximum atomic E-state index is 12.3. The van der Waals surface area contributed by atoms with E-state index in [1.165, 1.54) is 6.08 Å². The molecule has 1 amide bonds. The third kappa shape index (κ3) is 6.57. The summed E-state index contributed by atoms with van der Waals surface area (Å²) in [6.07, 6.45) is 2.97. The van der Waals surface area contributed by atoms with Crippen molar-refractivity contribution < 1.29 is 4.79 Å². The number of amides is 1. The van der Waals surface area contributed by atoms with E-state index in [2.05, 4.69) is 27.4 Å². The molecule has 1 heterocycles. The number of thiocarbonyl (C=S) groups is 1. The van der Waals surface area contributed by atoms with Crippen LogP contribution in [0.2, 0.25) is 15.1 Å². The lowest BCUT2D eigenvalue weighted by molar-refractivity contribution is -0.115. The molecule has 0 aliphatic carbocycles. The zero-order valence-electron chi connectivity index (χ0n) is 17.0. The third-order valence-electron chi connectivity index (χ3n) is 4.98. The SMILES string of the molecule is CCN1CCN(c2c(Cl)cccc2NC(=S)NC(=O)C=Cc2ccc(Cl)cc2Cl)CC1. The van der Waals surface area contributed by atoms with E-state index in [9.17, 15) is 4.79 Å². The Hall–Kier alpha value is -1.83. The van der Waals surface area contributed by atoms with E-state index in [0.717, 1.165) is 44.1 Å². The van der Waals surface area contributed by atoms with Gasteiger partial charge >= 0.3 is 0 Å². The van der Waals surface area contributed by atoms with Crippen LogP contribution in [0, 0.1) is 0 Å². The van der Waals surface area contributed by atoms with Gasteiger partial charge in [-0.1, -0.05) is 53.9 Å². The molecular formula is C22H23Cl3N4OS. The van der Waals surface area contributed by atoms with Crippen LogP contribution in [0.3, 0.4) is 0 Å². The van der Waals surface area contributed by atoms with Crippen molar-refractivity contribution in [1.29, 1.82) is 0 Å². The first-order valence-electron chi connectivity index (χ1n) is 9.88. The van der Waals surface area contributed by atoms with Gasteiger partial charge in [0.05, 0.1) is 16.4 Å².